The third-order valence-electron chi connectivity index (χ3n) is 15.4. The second-order valence-corrected chi connectivity index (χ2v) is 21.5. The van der Waals surface area contributed by atoms with Crippen LogP contribution in [-0.4, -0.2) is 88.0 Å². The zero-order valence-electron chi connectivity index (χ0n) is 49.9. The number of nitrogens with zero attached hydrogens (tertiary/aromatic N) is 10. The number of fused-ring (bicyclic) bond motifs is 2. The van der Waals surface area contributed by atoms with Gasteiger partial charge in [0.15, 0.2) is 0 Å². The first-order valence-electron chi connectivity index (χ1n) is 29.0. The van der Waals surface area contributed by atoms with Crippen LogP contribution < -0.4 is 9.47 Å². The average Bonchev–Trinajstić information content (AvgIpc) is 1.68. The summed E-state index contributed by atoms with van der Waals surface area (Å²) in [7, 11) is 2.93. The van der Waals surface area contributed by atoms with E-state index in [1.807, 2.05) is 0 Å². The summed E-state index contributed by atoms with van der Waals surface area (Å²) in [5.41, 5.74) is 2.28. The van der Waals surface area contributed by atoms with Gasteiger partial charge < -0.3 is 32.8 Å². The Kier molecular flexibility index (Phi) is 18.6. The summed E-state index contributed by atoms with van der Waals surface area (Å²) >= 11 is 0. The number of esters is 2. The quantitative estimate of drug-likeness (QED) is 0.0317. The van der Waals surface area contributed by atoms with E-state index >= 15 is 26.3 Å². The number of halogens is 10. The number of carbonyl (C=O) groups excluding carboxylic acids is 2. The summed E-state index contributed by atoms with van der Waals surface area (Å²) in [6.07, 6.45) is 4.11. The van der Waals surface area contributed by atoms with Gasteiger partial charge in [0.25, 0.3) is 0 Å². The highest BCUT2D eigenvalue weighted by molar-refractivity contribution is 6.05. The Labute approximate surface area is 532 Å². The molecule has 6 aromatic heterocycles. The van der Waals surface area contributed by atoms with Gasteiger partial charge in [-0.25, -0.2) is 65.2 Å². The Hall–Kier alpha value is -11.1. The highest BCUT2D eigenvalue weighted by Gasteiger charge is 2.24. The van der Waals surface area contributed by atoms with Crippen molar-refractivity contribution in [3.05, 3.63) is 238 Å². The highest BCUT2D eigenvalue weighted by atomic mass is 19.3. The zero-order valence-corrected chi connectivity index (χ0v) is 49.9. The lowest BCUT2D eigenvalue weighted by Gasteiger charge is -2.12. The SMILES string of the molecule is COCCn1c(Cc2cc(F)c(-c3cccc(OCc4ccc(-c5cnn(C(F)F)c5)cc4F)n3)cc2F)nc2ccc(C(=O)OC(=O)c3ccc4nc(Cc5cc(F)c(-c6cccc(OCc7ccc(-c8cnn(C(F)F)c8)cc7F)n6)cc5F)n(CCOC)c4c3)cc21. The van der Waals surface area contributed by atoms with Gasteiger partial charge in [-0.3, -0.25) is 0 Å². The minimum Gasteiger partial charge on any atom is -0.473 e. The first-order chi connectivity index (χ1) is 45.9. The summed E-state index contributed by atoms with van der Waals surface area (Å²) < 4.78 is 178. The minimum absolute atomic E-state index is 0.0112. The van der Waals surface area contributed by atoms with Crippen molar-refractivity contribution in [3.63, 3.8) is 0 Å². The summed E-state index contributed by atoms with van der Waals surface area (Å²) in [6.45, 7) is -5.72. The Morgan fingerprint density at radius 3 is 1.26 bits per heavy atom. The van der Waals surface area contributed by atoms with E-state index in [9.17, 15) is 27.2 Å². The van der Waals surface area contributed by atoms with Gasteiger partial charge in [-0.2, -0.15) is 27.8 Å². The number of rotatable bonds is 24. The molecule has 0 N–H and O–H groups in total. The number of ether oxygens (including phenoxy) is 5. The maximum absolute atomic E-state index is 16.1. The maximum atomic E-state index is 16.1. The molecule has 0 bridgehead atoms. The highest BCUT2D eigenvalue weighted by Crippen LogP contribution is 2.33. The van der Waals surface area contributed by atoms with Gasteiger partial charge in [-0.05, 0) is 107 Å². The van der Waals surface area contributed by atoms with Gasteiger partial charge in [-0.15, -0.1) is 0 Å². The van der Waals surface area contributed by atoms with E-state index < -0.39 is 59.9 Å². The maximum Gasteiger partial charge on any atom is 0.346 e. The third kappa shape index (κ3) is 14.0. The molecule has 0 aliphatic heterocycles. The van der Waals surface area contributed by atoms with Crippen molar-refractivity contribution in [2.75, 3.05) is 27.4 Å². The zero-order chi connectivity index (χ0) is 66.6. The molecule has 0 atom stereocenters. The molecule has 0 saturated carbocycles. The molecule has 0 amide bonds. The number of hydrogen-bond donors (Lipinski definition) is 0. The normalized spacial score (nSPS) is 11.6. The number of pyridine rings is 2. The number of benzene rings is 6. The number of imidazole rings is 2. The van der Waals surface area contributed by atoms with Crippen LogP contribution in [0.5, 0.6) is 11.8 Å². The van der Waals surface area contributed by atoms with Crippen LogP contribution >= 0.6 is 0 Å². The third-order valence-corrected chi connectivity index (χ3v) is 15.4. The molecule has 484 valence electrons. The molecule has 95 heavy (non-hydrogen) atoms. The van der Waals surface area contributed by atoms with Gasteiger partial charge in [0.1, 0.15) is 59.8 Å². The van der Waals surface area contributed by atoms with Crippen LogP contribution in [0.2, 0.25) is 0 Å². The van der Waals surface area contributed by atoms with Gasteiger partial charge in [0, 0.05) is 98.1 Å². The molecule has 12 rings (SSSR count). The lowest BCUT2D eigenvalue weighted by atomic mass is 10.0. The van der Waals surface area contributed by atoms with Crippen molar-refractivity contribution >= 4 is 34.0 Å². The van der Waals surface area contributed by atoms with E-state index in [1.165, 1.54) is 124 Å². The van der Waals surface area contributed by atoms with Crippen molar-refractivity contribution < 1.29 is 77.2 Å². The number of aromatic nitrogens is 10. The number of hydrogen-bond acceptors (Lipinski definition) is 13. The van der Waals surface area contributed by atoms with E-state index in [0.717, 1.165) is 48.8 Å². The van der Waals surface area contributed by atoms with Gasteiger partial charge >= 0.3 is 25.0 Å². The fourth-order valence-electron chi connectivity index (χ4n) is 10.6. The van der Waals surface area contributed by atoms with Crippen molar-refractivity contribution in [2.24, 2.45) is 0 Å². The number of carbonyl (C=O) groups is 2. The average molecular weight is 1310 g/mol. The van der Waals surface area contributed by atoms with E-state index in [0.29, 0.717) is 42.6 Å². The van der Waals surface area contributed by atoms with E-state index in [-0.39, 0.29) is 143 Å². The van der Waals surface area contributed by atoms with Crippen LogP contribution in [0.3, 0.4) is 0 Å². The van der Waals surface area contributed by atoms with Gasteiger partial charge in [-0.1, -0.05) is 36.4 Å². The molecular formula is C68H50F10N10O7. The van der Waals surface area contributed by atoms with Crippen LogP contribution in [0, 0.1) is 34.9 Å². The largest absolute Gasteiger partial charge is 0.473 e. The molecule has 27 heteroatoms. The summed E-state index contributed by atoms with van der Waals surface area (Å²) in [4.78, 5) is 45.6. The second kappa shape index (κ2) is 27.6. The number of methoxy groups -OCH3 is 2. The topological polar surface area (TPSA) is 177 Å². The van der Waals surface area contributed by atoms with E-state index in [1.54, 1.807) is 9.13 Å². The number of alkyl halides is 4. The van der Waals surface area contributed by atoms with Crippen LogP contribution in [0.15, 0.2) is 158 Å². The Balaban J connectivity index is 0.709. The summed E-state index contributed by atoms with van der Waals surface area (Å²) in [5.74, 6) is -6.20. The fraction of sp³-hybridized carbons (Fsp3) is 0.176. The molecule has 6 heterocycles. The molecule has 0 saturated heterocycles. The molecule has 12 aromatic rings. The fourth-order valence-corrected chi connectivity index (χ4v) is 10.6. The lowest BCUT2D eigenvalue weighted by molar-refractivity contribution is 0.0397. The molecule has 0 aliphatic carbocycles. The van der Waals surface area contributed by atoms with E-state index in [2.05, 4.69) is 30.1 Å². The molecule has 0 aliphatic rings. The predicted octanol–water partition coefficient (Wildman–Crippen LogP) is 14.5. The first kappa shape index (κ1) is 64.1. The molecule has 0 radical (unpaired) electrons. The smallest absolute Gasteiger partial charge is 0.346 e. The minimum atomic E-state index is -2.86. The van der Waals surface area contributed by atoms with Crippen LogP contribution in [0.1, 0.15) is 67.7 Å². The van der Waals surface area contributed by atoms with Crippen LogP contribution in [-0.2, 0) is 53.4 Å². The monoisotopic (exact) mass is 1310 g/mol. The summed E-state index contributed by atoms with van der Waals surface area (Å²) in [5, 5.41) is 7.15. The summed E-state index contributed by atoms with van der Waals surface area (Å²) in [6, 6.07) is 29.6. The van der Waals surface area contributed by atoms with Crippen molar-refractivity contribution in [1.29, 1.82) is 0 Å². The molecule has 6 aromatic carbocycles. The van der Waals surface area contributed by atoms with Crippen LogP contribution in [0.4, 0.5) is 43.9 Å². The molecule has 0 unspecified atom stereocenters. The van der Waals surface area contributed by atoms with E-state index in [4.69, 9.17) is 23.7 Å². The van der Waals surface area contributed by atoms with Gasteiger partial charge in [0.05, 0.1) is 70.2 Å². The lowest BCUT2D eigenvalue weighted by Crippen LogP contribution is -2.14. The van der Waals surface area contributed by atoms with Gasteiger partial charge in [0.2, 0.25) is 11.8 Å². The molecule has 0 spiro atoms. The molecule has 17 nitrogen and oxygen atoms in total. The van der Waals surface area contributed by atoms with Crippen molar-refractivity contribution in [2.45, 2.75) is 52.2 Å². The van der Waals surface area contributed by atoms with Crippen molar-refractivity contribution in [3.8, 4) is 56.5 Å². The molecular weight excluding hydrogens is 1260 g/mol. The van der Waals surface area contributed by atoms with Crippen LogP contribution in [0.25, 0.3) is 66.8 Å². The second-order valence-electron chi connectivity index (χ2n) is 21.5. The predicted molar refractivity (Wildman–Crippen MR) is 324 cm³/mol. The Bertz CT molecular complexity index is 4580. The Morgan fingerprint density at radius 2 is 0.874 bits per heavy atom. The Morgan fingerprint density at radius 1 is 0.453 bits per heavy atom. The molecule has 0 fully saturated rings. The first-order valence-corrected chi connectivity index (χ1v) is 29.0. The standard InChI is InChI=1S/C68H50F10N10O7/c1-91-19-17-85-59-25-39(13-15-57(59)81-61(85)27-43-23-53(73)47(29-51(43)71)55-5-3-7-63(83-55)93-35-41-11-9-37(21-49(41)69)45-31-79-87(33-45)67(75)76)65(89)95-66(90)40-14-16-58-60(26-40)86(18-20-92-2)62(82-58)28-44-24-54(74)48(30-52(44)72)56-6-4-8-64(84-56)94-36-42-12-10-38(22-50(42)70)46-32-80-88(34-46)68(77)78/h3-16,21-26,29-34,67-68H,17-20,27-28,35-36H2,1-2H3. The van der Waals surface area contributed by atoms with Crippen molar-refractivity contribution in [1.82, 2.24) is 48.6 Å².